The zero-order valence-electron chi connectivity index (χ0n) is 1.44. The summed E-state index contributed by atoms with van der Waals surface area (Å²) in [6, 6.07) is 0. The van der Waals surface area contributed by atoms with Crippen LogP contribution in [0.4, 0.5) is 0 Å². The Morgan fingerprint density at radius 1 is 1.20 bits per heavy atom. The first-order valence-corrected chi connectivity index (χ1v) is 6.12. The van der Waals surface area contributed by atoms with Gasteiger partial charge in [-0.1, -0.05) is 0 Å². The van der Waals surface area contributed by atoms with Gasteiger partial charge in [0.1, 0.15) is 0 Å². The molecular weight excluding hydrogens is 367 g/mol. The Labute approximate surface area is 90.8 Å². The maximum atomic E-state index is 2.16. The number of hydrogen-bond donors (Lipinski definition) is 0. The molecule has 0 spiro atoms. The SMILES string of the molecule is [Cu].[Fe].[MgH2].[Mo][I]. The molecule has 0 rings (SSSR count). The molecule has 0 aliphatic carbocycles. The average Bonchev–Trinajstić information content (AvgIpc) is 1.00. The second kappa shape index (κ2) is 26.9. The number of rotatable bonds is 0. The van der Waals surface area contributed by atoms with E-state index in [9.17, 15) is 0 Å². The third-order valence-corrected chi connectivity index (χ3v) is 0. The number of halogens is 1. The Morgan fingerprint density at radius 3 is 1.20 bits per heavy atom. The molecular formula is H2CuFeIMgMo. The van der Waals surface area contributed by atoms with Crippen molar-refractivity contribution in [3.05, 3.63) is 0 Å². The minimum atomic E-state index is 0. The van der Waals surface area contributed by atoms with E-state index in [0.29, 0.717) is 0 Å². The summed E-state index contributed by atoms with van der Waals surface area (Å²) in [5.74, 6) is 0. The number of hydrogen-bond acceptors (Lipinski definition) is 0. The van der Waals surface area contributed by atoms with Crippen LogP contribution < -0.4 is 0 Å². The molecule has 0 aliphatic heterocycles. The monoisotopic (exact) mass is 370 g/mol. The van der Waals surface area contributed by atoms with Gasteiger partial charge in [0.25, 0.3) is 0 Å². The van der Waals surface area contributed by atoms with E-state index in [1.807, 2.05) is 16.1 Å². The molecule has 0 aliphatic rings. The molecule has 0 aromatic carbocycles. The second-order valence-electron chi connectivity index (χ2n) is 0. The molecule has 5 heteroatoms. The van der Waals surface area contributed by atoms with Gasteiger partial charge in [0.05, 0.1) is 0 Å². The summed E-state index contributed by atoms with van der Waals surface area (Å²) in [6.07, 6.45) is 0. The fraction of sp³-hybridized carbons (Fsp3) is 0. The van der Waals surface area contributed by atoms with Gasteiger partial charge < -0.3 is 0 Å². The van der Waals surface area contributed by atoms with E-state index >= 15 is 0 Å². The third kappa shape index (κ3) is 19.0. The Kier molecular flexibility index (Phi) is 130. The van der Waals surface area contributed by atoms with Gasteiger partial charge in [0, 0.05) is 34.1 Å². The Balaban J connectivity index is -0.00000000167. The van der Waals surface area contributed by atoms with Crippen LogP contribution in [0.5, 0.6) is 0 Å². The molecule has 0 saturated carbocycles. The van der Waals surface area contributed by atoms with Crippen molar-refractivity contribution in [1.82, 2.24) is 0 Å². The van der Waals surface area contributed by atoms with Crippen LogP contribution in [0.15, 0.2) is 0 Å². The first kappa shape index (κ1) is 24.1. The second-order valence-corrected chi connectivity index (χ2v) is 0. The molecule has 0 bridgehead atoms. The van der Waals surface area contributed by atoms with Gasteiger partial charge in [-0.2, -0.15) is 0 Å². The summed E-state index contributed by atoms with van der Waals surface area (Å²) in [5, 5.41) is 0. The normalized spacial score (nSPS) is 1.00. The molecule has 5 heavy (non-hydrogen) atoms. The molecule has 0 fully saturated rings. The predicted octanol–water partition coefficient (Wildman–Crippen LogP) is -0.0380. The molecule has 1 radical (unpaired) electrons. The first-order valence-electron chi connectivity index (χ1n) is 0.154. The zero-order chi connectivity index (χ0) is 2.00. The molecule has 0 unspecified atom stereocenters. The van der Waals surface area contributed by atoms with Crippen molar-refractivity contribution < 1.29 is 50.3 Å². The van der Waals surface area contributed by atoms with Crippen molar-refractivity contribution >= 4 is 42.4 Å². The van der Waals surface area contributed by atoms with Gasteiger partial charge in [-0.25, -0.2) is 0 Å². The van der Waals surface area contributed by atoms with E-state index in [2.05, 4.69) is 19.4 Å². The molecule has 0 amide bonds. The molecule has 0 atom stereocenters. The van der Waals surface area contributed by atoms with Gasteiger partial charge in [0.15, 0.2) is 0 Å². The third-order valence-electron chi connectivity index (χ3n) is 0. The van der Waals surface area contributed by atoms with Gasteiger partial charge in [-0.3, -0.25) is 0 Å². The Hall–Kier alpha value is 3.22. The molecule has 36 valence electrons. The summed E-state index contributed by atoms with van der Waals surface area (Å²) in [6.45, 7) is 0. The van der Waals surface area contributed by atoms with Gasteiger partial charge >= 0.3 is 58.5 Å². The van der Waals surface area contributed by atoms with Crippen LogP contribution in [0.25, 0.3) is 0 Å². The zero-order valence-corrected chi connectivity index (χ0v) is 7.65. The molecule has 0 aromatic heterocycles. The standard InChI is InChI=1S/Cu.Fe.HI.Mg.Mo.2H/h;;1H;;;;/q;;;;+1;;/p-1. The van der Waals surface area contributed by atoms with Crippen molar-refractivity contribution in [2.75, 3.05) is 0 Å². The quantitative estimate of drug-likeness (QED) is 0.416. The molecule has 0 saturated heterocycles. The molecule has 0 heterocycles. The maximum absolute atomic E-state index is 2.16. The first-order chi connectivity index (χ1) is 1.00. The van der Waals surface area contributed by atoms with Crippen LogP contribution in [0.2, 0.25) is 0 Å². The molecule has 0 N–H and O–H groups in total. The van der Waals surface area contributed by atoms with E-state index in [1.165, 1.54) is 0 Å². The van der Waals surface area contributed by atoms with Crippen molar-refractivity contribution in [3.8, 4) is 0 Å². The summed E-state index contributed by atoms with van der Waals surface area (Å²) in [5.41, 5.74) is 0. The summed E-state index contributed by atoms with van der Waals surface area (Å²) in [7, 11) is 0. The van der Waals surface area contributed by atoms with E-state index in [0.717, 1.165) is 0 Å². The molecule has 0 nitrogen and oxygen atoms in total. The van der Waals surface area contributed by atoms with E-state index in [4.69, 9.17) is 0 Å². The van der Waals surface area contributed by atoms with E-state index in [1.54, 1.807) is 0 Å². The van der Waals surface area contributed by atoms with Crippen LogP contribution in [0.1, 0.15) is 0 Å². The van der Waals surface area contributed by atoms with Crippen molar-refractivity contribution in [3.63, 3.8) is 0 Å². The van der Waals surface area contributed by atoms with Crippen LogP contribution in [-0.2, 0) is 50.3 Å². The van der Waals surface area contributed by atoms with Crippen molar-refractivity contribution in [2.24, 2.45) is 0 Å². The topological polar surface area (TPSA) is 0 Å². The van der Waals surface area contributed by atoms with Gasteiger partial charge in [-0.05, 0) is 0 Å². The van der Waals surface area contributed by atoms with Crippen molar-refractivity contribution in [1.29, 1.82) is 0 Å². The van der Waals surface area contributed by atoms with Gasteiger partial charge in [0.2, 0.25) is 0 Å². The van der Waals surface area contributed by atoms with Crippen LogP contribution in [0.3, 0.4) is 0 Å². The fourth-order valence-corrected chi connectivity index (χ4v) is 0. The average molecular weight is 369 g/mol. The van der Waals surface area contributed by atoms with Crippen LogP contribution in [0, 0.1) is 0 Å². The van der Waals surface area contributed by atoms with Crippen molar-refractivity contribution in [2.45, 2.75) is 0 Å². The van der Waals surface area contributed by atoms with E-state index < -0.39 is 0 Å². The van der Waals surface area contributed by atoms with Crippen LogP contribution >= 0.6 is 19.4 Å². The Bertz CT molecular complexity index is 11.6. The summed E-state index contributed by atoms with van der Waals surface area (Å²) < 4.78 is 0. The fourth-order valence-electron chi connectivity index (χ4n) is 0. The van der Waals surface area contributed by atoms with E-state index in [-0.39, 0.29) is 57.2 Å². The molecule has 0 aromatic rings. The minimum absolute atomic E-state index is 0. The van der Waals surface area contributed by atoms with Crippen LogP contribution in [-0.4, -0.2) is 23.1 Å². The predicted molar refractivity (Wildman–Crippen MR) is 22.6 cm³/mol. The summed E-state index contributed by atoms with van der Waals surface area (Å²) in [4.78, 5) is 0. The summed E-state index contributed by atoms with van der Waals surface area (Å²) >= 11 is 4.08. The Morgan fingerprint density at radius 2 is 1.20 bits per heavy atom. The van der Waals surface area contributed by atoms with Gasteiger partial charge in [-0.15, -0.1) is 0 Å².